The molecule has 21 heavy (non-hydrogen) atoms. The number of amides is 1. The van der Waals surface area contributed by atoms with Gasteiger partial charge in [0.1, 0.15) is 0 Å². The zero-order valence-corrected chi connectivity index (χ0v) is 13.8. The van der Waals surface area contributed by atoms with Crippen LogP contribution in [0.1, 0.15) is 58.8 Å². The van der Waals surface area contributed by atoms with Gasteiger partial charge >= 0.3 is 0 Å². The summed E-state index contributed by atoms with van der Waals surface area (Å²) in [5.74, 6) is 0.976. The van der Waals surface area contributed by atoms with E-state index in [4.69, 9.17) is 4.74 Å². The average Bonchev–Trinajstić information content (AvgIpc) is 2.48. The van der Waals surface area contributed by atoms with Gasteiger partial charge in [0.25, 0.3) is 0 Å². The van der Waals surface area contributed by atoms with Gasteiger partial charge in [0.05, 0.1) is 6.10 Å². The normalized spacial score (nSPS) is 24.5. The molecule has 2 saturated heterocycles. The zero-order valence-electron chi connectivity index (χ0n) is 13.8. The molecule has 0 aromatic heterocycles. The Bertz CT molecular complexity index is 314. The number of likely N-dealkylation sites (tertiary alicyclic amines) is 1. The van der Waals surface area contributed by atoms with Crippen molar-refractivity contribution < 1.29 is 9.53 Å². The third-order valence-corrected chi connectivity index (χ3v) is 4.77. The second-order valence-electron chi connectivity index (χ2n) is 6.84. The third kappa shape index (κ3) is 5.59. The maximum absolute atomic E-state index is 12.6. The molecule has 1 atom stereocenters. The standard InChI is InChI=1S/C17H32N2O2/c1-14(2)21-12-8-16-5-3-4-11-19(16)17(20)13-15-6-9-18-10-7-15/h14-16,18H,3-13H2,1-2H3. The van der Waals surface area contributed by atoms with Gasteiger partial charge in [-0.05, 0) is 71.4 Å². The number of nitrogens with one attached hydrogen (secondary N) is 1. The molecule has 2 heterocycles. The quantitative estimate of drug-likeness (QED) is 0.819. The van der Waals surface area contributed by atoms with Crippen molar-refractivity contribution in [1.82, 2.24) is 10.2 Å². The minimum Gasteiger partial charge on any atom is -0.379 e. The lowest BCUT2D eigenvalue weighted by molar-refractivity contribution is -0.136. The molecule has 2 rings (SSSR count). The molecule has 122 valence electrons. The van der Waals surface area contributed by atoms with Crippen LogP contribution in [0.25, 0.3) is 0 Å². The Morgan fingerprint density at radius 2 is 2.00 bits per heavy atom. The predicted molar refractivity (Wildman–Crippen MR) is 85.3 cm³/mol. The molecule has 0 aliphatic carbocycles. The van der Waals surface area contributed by atoms with Gasteiger partial charge in [-0.25, -0.2) is 0 Å². The molecule has 2 aliphatic heterocycles. The van der Waals surface area contributed by atoms with Crippen LogP contribution in [0.5, 0.6) is 0 Å². The van der Waals surface area contributed by atoms with E-state index >= 15 is 0 Å². The summed E-state index contributed by atoms with van der Waals surface area (Å²) in [6.45, 7) is 8.02. The third-order valence-electron chi connectivity index (χ3n) is 4.77. The van der Waals surface area contributed by atoms with Crippen LogP contribution in [0.4, 0.5) is 0 Å². The van der Waals surface area contributed by atoms with Crippen molar-refractivity contribution >= 4 is 5.91 Å². The van der Waals surface area contributed by atoms with Gasteiger partial charge in [-0.2, -0.15) is 0 Å². The fourth-order valence-corrected chi connectivity index (χ4v) is 3.52. The van der Waals surface area contributed by atoms with Crippen LogP contribution in [-0.2, 0) is 9.53 Å². The molecule has 0 aromatic rings. The molecule has 0 aromatic carbocycles. The lowest BCUT2D eigenvalue weighted by Crippen LogP contribution is -2.45. The van der Waals surface area contributed by atoms with Crippen LogP contribution < -0.4 is 5.32 Å². The van der Waals surface area contributed by atoms with Crippen molar-refractivity contribution in [3.05, 3.63) is 0 Å². The minimum atomic E-state index is 0.285. The Morgan fingerprint density at radius 3 is 2.71 bits per heavy atom. The molecular formula is C17H32N2O2. The van der Waals surface area contributed by atoms with Gasteiger partial charge in [0, 0.05) is 25.6 Å². The van der Waals surface area contributed by atoms with E-state index < -0.39 is 0 Å². The second kappa shape index (κ2) is 8.74. The highest BCUT2D eigenvalue weighted by Crippen LogP contribution is 2.24. The van der Waals surface area contributed by atoms with Gasteiger partial charge in [0.2, 0.25) is 5.91 Å². The molecule has 1 N–H and O–H groups in total. The van der Waals surface area contributed by atoms with E-state index in [1.807, 2.05) is 0 Å². The van der Waals surface area contributed by atoms with Crippen molar-refractivity contribution in [1.29, 1.82) is 0 Å². The highest BCUT2D eigenvalue weighted by Gasteiger charge is 2.28. The number of rotatable bonds is 6. The van der Waals surface area contributed by atoms with Gasteiger partial charge in [-0.3, -0.25) is 4.79 Å². The van der Waals surface area contributed by atoms with Crippen molar-refractivity contribution in [2.45, 2.75) is 70.9 Å². The topological polar surface area (TPSA) is 41.6 Å². The van der Waals surface area contributed by atoms with Gasteiger partial charge < -0.3 is 15.0 Å². The zero-order chi connectivity index (χ0) is 15.1. The number of carbonyl (C=O) groups excluding carboxylic acids is 1. The van der Waals surface area contributed by atoms with E-state index in [1.165, 1.54) is 12.8 Å². The van der Waals surface area contributed by atoms with Crippen molar-refractivity contribution in [2.24, 2.45) is 5.92 Å². The Labute approximate surface area is 129 Å². The summed E-state index contributed by atoms with van der Waals surface area (Å²) >= 11 is 0. The van der Waals surface area contributed by atoms with E-state index in [0.29, 0.717) is 17.9 Å². The van der Waals surface area contributed by atoms with Crippen LogP contribution in [0.2, 0.25) is 0 Å². The average molecular weight is 296 g/mol. The Hall–Kier alpha value is -0.610. The van der Waals surface area contributed by atoms with Crippen molar-refractivity contribution in [3.63, 3.8) is 0 Å². The first-order valence-electron chi connectivity index (χ1n) is 8.78. The van der Waals surface area contributed by atoms with Crippen molar-refractivity contribution in [2.75, 3.05) is 26.2 Å². The summed E-state index contributed by atoms with van der Waals surface area (Å²) in [5.41, 5.74) is 0. The molecule has 1 unspecified atom stereocenters. The summed E-state index contributed by atoms with van der Waals surface area (Å²) < 4.78 is 5.68. The number of nitrogens with zero attached hydrogens (tertiary/aromatic N) is 1. The van der Waals surface area contributed by atoms with Crippen LogP contribution in [-0.4, -0.2) is 49.2 Å². The first-order chi connectivity index (χ1) is 10.2. The molecule has 2 fully saturated rings. The van der Waals surface area contributed by atoms with E-state index in [1.54, 1.807) is 0 Å². The smallest absolute Gasteiger partial charge is 0.223 e. The van der Waals surface area contributed by atoms with E-state index in [0.717, 1.165) is 58.3 Å². The van der Waals surface area contributed by atoms with Gasteiger partial charge in [0.15, 0.2) is 0 Å². The van der Waals surface area contributed by atoms with Crippen LogP contribution >= 0.6 is 0 Å². The fourth-order valence-electron chi connectivity index (χ4n) is 3.52. The second-order valence-corrected chi connectivity index (χ2v) is 6.84. The largest absolute Gasteiger partial charge is 0.379 e. The van der Waals surface area contributed by atoms with Gasteiger partial charge in [-0.15, -0.1) is 0 Å². The molecule has 0 radical (unpaired) electrons. The van der Waals surface area contributed by atoms with Gasteiger partial charge in [-0.1, -0.05) is 0 Å². The molecule has 0 saturated carbocycles. The fraction of sp³-hybridized carbons (Fsp3) is 0.941. The van der Waals surface area contributed by atoms with Crippen LogP contribution in [0.15, 0.2) is 0 Å². The van der Waals surface area contributed by atoms with E-state index in [-0.39, 0.29) is 6.10 Å². The van der Waals surface area contributed by atoms with Crippen molar-refractivity contribution in [3.8, 4) is 0 Å². The van der Waals surface area contributed by atoms with Crippen LogP contribution in [0.3, 0.4) is 0 Å². The minimum absolute atomic E-state index is 0.285. The molecule has 4 heteroatoms. The number of ether oxygens (including phenoxy) is 1. The first kappa shape index (κ1) is 16.8. The molecule has 0 bridgehead atoms. The number of carbonyl (C=O) groups is 1. The molecule has 1 amide bonds. The van der Waals surface area contributed by atoms with Crippen LogP contribution in [0, 0.1) is 5.92 Å². The molecule has 2 aliphatic rings. The Morgan fingerprint density at radius 1 is 1.24 bits per heavy atom. The lowest BCUT2D eigenvalue weighted by atomic mass is 9.92. The molecule has 4 nitrogen and oxygen atoms in total. The monoisotopic (exact) mass is 296 g/mol. The maximum atomic E-state index is 12.6. The highest BCUT2D eigenvalue weighted by molar-refractivity contribution is 5.77. The van der Waals surface area contributed by atoms with E-state index in [9.17, 15) is 4.79 Å². The number of piperidine rings is 2. The summed E-state index contributed by atoms with van der Waals surface area (Å²) in [6.07, 6.45) is 7.91. The Kier molecular flexibility index (Phi) is 6.97. The Balaban J connectivity index is 1.80. The SMILES string of the molecule is CC(C)OCCC1CCCCN1C(=O)CC1CCNCC1. The van der Waals surface area contributed by atoms with E-state index in [2.05, 4.69) is 24.1 Å². The lowest BCUT2D eigenvalue weighted by Gasteiger charge is -2.37. The summed E-state index contributed by atoms with van der Waals surface area (Å²) in [6, 6.07) is 0.409. The molecule has 0 spiro atoms. The highest BCUT2D eigenvalue weighted by atomic mass is 16.5. The number of hydrogen-bond acceptors (Lipinski definition) is 3. The summed E-state index contributed by atoms with van der Waals surface area (Å²) in [7, 11) is 0. The summed E-state index contributed by atoms with van der Waals surface area (Å²) in [4.78, 5) is 14.8. The maximum Gasteiger partial charge on any atom is 0.223 e. The predicted octanol–water partition coefficient (Wildman–Crippen LogP) is 2.57. The number of hydrogen-bond donors (Lipinski definition) is 1. The summed E-state index contributed by atoms with van der Waals surface area (Å²) in [5, 5.41) is 3.37. The first-order valence-corrected chi connectivity index (χ1v) is 8.78. The molecular weight excluding hydrogens is 264 g/mol.